The molecular formula is C16H26N. The third-order valence-corrected chi connectivity index (χ3v) is 3.83. The maximum Gasteiger partial charge on any atom is 0.0270 e. The fourth-order valence-electron chi connectivity index (χ4n) is 2.70. The van der Waals surface area contributed by atoms with Gasteiger partial charge in [-0.05, 0) is 55.2 Å². The van der Waals surface area contributed by atoms with Gasteiger partial charge in [-0.15, -0.1) is 0 Å². The Morgan fingerprint density at radius 3 is 2.18 bits per heavy atom. The minimum atomic E-state index is 0.243. The minimum absolute atomic E-state index is 0.243. The van der Waals surface area contributed by atoms with Crippen LogP contribution in [-0.4, -0.2) is 4.98 Å². The number of nitrogens with zero attached hydrogens (tertiary/aromatic N) is 1. The van der Waals surface area contributed by atoms with Crippen LogP contribution >= 0.6 is 0 Å². The van der Waals surface area contributed by atoms with Crippen molar-refractivity contribution in [3.8, 4) is 0 Å². The van der Waals surface area contributed by atoms with E-state index in [1.807, 2.05) is 12.4 Å². The Labute approximate surface area is 107 Å². The van der Waals surface area contributed by atoms with E-state index in [1.165, 1.54) is 31.2 Å². The lowest BCUT2D eigenvalue weighted by Crippen LogP contribution is -2.27. The van der Waals surface area contributed by atoms with Crippen molar-refractivity contribution < 1.29 is 0 Å². The van der Waals surface area contributed by atoms with Gasteiger partial charge in [-0.2, -0.15) is 0 Å². The molecule has 1 heterocycles. The van der Waals surface area contributed by atoms with Crippen LogP contribution in [0.15, 0.2) is 24.5 Å². The minimum Gasteiger partial charge on any atom is -0.265 e. The molecule has 0 aliphatic rings. The van der Waals surface area contributed by atoms with E-state index in [-0.39, 0.29) is 5.41 Å². The van der Waals surface area contributed by atoms with Gasteiger partial charge in [-0.3, -0.25) is 4.98 Å². The topological polar surface area (TPSA) is 12.9 Å². The number of hydrogen-bond donors (Lipinski definition) is 0. The summed E-state index contributed by atoms with van der Waals surface area (Å²) < 4.78 is 0. The molecule has 0 amide bonds. The maximum absolute atomic E-state index is 4.53. The molecular weight excluding hydrogens is 206 g/mol. The van der Waals surface area contributed by atoms with Crippen molar-refractivity contribution in [3.05, 3.63) is 37.0 Å². The van der Waals surface area contributed by atoms with Gasteiger partial charge >= 0.3 is 0 Å². The third-order valence-electron chi connectivity index (χ3n) is 3.83. The first-order valence-electron chi connectivity index (χ1n) is 6.86. The van der Waals surface area contributed by atoms with E-state index in [1.54, 1.807) is 0 Å². The van der Waals surface area contributed by atoms with Gasteiger partial charge < -0.3 is 0 Å². The van der Waals surface area contributed by atoms with Gasteiger partial charge in [-0.1, -0.05) is 33.6 Å². The third kappa shape index (κ3) is 4.14. The molecule has 1 unspecified atom stereocenters. The van der Waals surface area contributed by atoms with Crippen LogP contribution in [0.3, 0.4) is 0 Å². The van der Waals surface area contributed by atoms with Crippen molar-refractivity contribution >= 4 is 0 Å². The van der Waals surface area contributed by atoms with Crippen molar-refractivity contribution in [2.75, 3.05) is 0 Å². The van der Waals surface area contributed by atoms with Crippen LogP contribution in [0.25, 0.3) is 0 Å². The molecule has 1 heteroatoms. The molecule has 95 valence electrons. The zero-order chi connectivity index (χ0) is 12.7. The van der Waals surface area contributed by atoms with Crippen LogP contribution in [0.4, 0.5) is 0 Å². The second-order valence-corrected chi connectivity index (χ2v) is 5.32. The Hall–Kier alpha value is -0.850. The zero-order valence-electron chi connectivity index (χ0n) is 11.6. The molecule has 1 radical (unpaired) electrons. The molecule has 0 spiro atoms. The summed E-state index contributed by atoms with van der Waals surface area (Å²) in [4.78, 5) is 4.07. The average Bonchev–Trinajstić information content (AvgIpc) is 2.31. The van der Waals surface area contributed by atoms with Crippen molar-refractivity contribution in [2.45, 2.75) is 52.9 Å². The van der Waals surface area contributed by atoms with Crippen LogP contribution in [-0.2, 0) is 6.42 Å². The van der Waals surface area contributed by atoms with Crippen molar-refractivity contribution in [1.29, 1.82) is 0 Å². The first kappa shape index (κ1) is 14.2. The Morgan fingerprint density at radius 2 is 1.71 bits per heavy atom. The highest BCUT2D eigenvalue weighted by atomic mass is 14.6. The van der Waals surface area contributed by atoms with Crippen molar-refractivity contribution in [2.24, 2.45) is 11.3 Å². The van der Waals surface area contributed by atoms with E-state index in [4.69, 9.17) is 0 Å². The molecule has 17 heavy (non-hydrogen) atoms. The fourth-order valence-corrected chi connectivity index (χ4v) is 2.70. The van der Waals surface area contributed by atoms with E-state index in [2.05, 4.69) is 44.8 Å². The molecule has 0 aromatic carbocycles. The highest BCUT2D eigenvalue weighted by Gasteiger charge is 2.29. The summed E-state index contributed by atoms with van der Waals surface area (Å²) in [5.74, 6) is 0.629. The molecule has 0 fully saturated rings. The van der Waals surface area contributed by atoms with Gasteiger partial charge in [-0.25, -0.2) is 0 Å². The summed E-state index contributed by atoms with van der Waals surface area (Å²) in [6.07, 6.45) is 9.79. The van der Waals surface area contributed by atoms with Crippen molar-refractivity contribution in [3.63, 3.8) is 0 Å². The van der Waals surface area contributed by atoms with Crippen LogP contribution in [0.5, 0.6) is 0 Å². The van der Waals surface area contributed by atoms with E-state index >= 15 is 0 Å². The second-order valence-electron chi connectivity index (χ2n) is 5.32. The van der Waals surface area contributed by atoms with E-state index in [9.17, 15) is 0 Å². The standard InChI is InChI=1S/C16H26N/c1-5-9-16(4,10-6-2)14(3)13-15-7-11-17-12-8-15/h7-8,11-12,14H,4-6,9-10,13H2,1-3H3. The van der Waals surface area contributed by atoms with E-state index < -0.39 is 0 Å². The van der Waals surface area contributed by atoms with Crippen LogP contribution in [0.1, 0.15) is 52.0 Å². The van der Waals surface area contributed by atoms with Gasteiger partial charge in [0.1, 0.15) is 0 Å². The van der Waals surface area contributed by atoms with Gasteiger partial charge in [0.2, 0.25) is 0 Å². The summed E-state index contributed by atoms with van der Waals surface area (Å²) in [6, 6.07) is 4.24. The van der Waals surface area contributed by atoms with E-state index in [0.29, 0.717) is 5.92 Å². The second kappa shape index (κ2) is 6.78. The Balaban J connectivity index is 2.68. The fraction of sp³-hybridized carbons (Fsp3) is 0.625. The molecule has 1 aromatic rings. The molecule has 1 rings (SSSR count). The molecule has 0 bridgehead atoms. The molecule has 0 saturated heterocycles. The normalized spacial score (nSPS) is 13.6. The van der Waals surface area contributed by atoms with Crippen LogP contribution < -0.4 is 0 Å². The van der Waals surface area contributed by atoms with E-state index in [0.717, 1.165) is 6.42 Å². The smallest absolute Gasteiger partial charge is 0.0270 e. The SMILES string of the molecule is [CH2]C(CCC)(CCC)C(C)Cc1ccncc1. The summed E-state index contributed by atoms with van der Waals surface area (Å²) in [5, 5.41) is 0. The largest absolute Gasteiger partial charge is 0.265 e. The van der Waals surface area contributed by atoms with Gasteiger partial charge in [0.25, 0.3) is 0 Å². The molecule has 0 N–H and O–H groups in total. The Morgan fingerprint density at radius 1 is 1.18 bits per heavy atom. The number of rotatable bonds is 7. The molecule has 1 aromatic heterocycles. The first-order chi connectivity index (χ1) is 8.12. The van der Waals surface area contributed by atoms with Crippen LogP contribution in [0.2, 0.25) is 0 Å². The summed E-state index contributed by atoms with van der Waals surface area (Å²) in [6.45, 7) is 11.4. The highest BCUT2D eigenvalue weighted by molar-refractivity contribution is 5.11. The number of aromatic nitrogens is 1. The first-order valence-corrected chi connectivity index (χ1v) is 6.86. The summed E-state index contributed by atoms with van der Waals surface area (Å²) in [7, 11) is 0. The predicted octanol–water partition coefficient (Wildman–Crippen LogP) is 4.68. The monoisotopic (exact) mass is 232 g/mol. The summed E-state index contributed by atoms with van der Waals surface area (Å²) in [5.41, 5.74) is 1.62. The zero-order valence-corrected chi connectivity index (χ0v) is 11.6. The lowest BCUT2D eigenvalue weighted by molar-refractivity contribution is 0.199. The van der Waals surface area contributed by atoms with Gasteiger partial charge in [0.15, 0.2) is 0 Å². The average molecular weight is 232 g/mol. The highest BCUT2D eigenvalue weighted by Crippen LogP contribution is 2.38. The lowest BCUT2D eigenvalue weighted by atomic mass is 9.69. The van der Waals surface area contributed by atoms with Crippen LogP contribution in [0, 0.1) is 18.3 Å². The van der Waals surface area contributed by atoms with Gasteiger partial charge in [0, 0.05) is 12.4 Å². The Bertz CT molecular complexity index is 299. The number of hydrogen-bond acceptors (Lipinski definition) is 1. The van der Waals surface area contributed by atoms with Gasteiger partial charge in [0.05, 0.1) is 0 Å². The predicted molar refractivity (Wildman–Crippen MR) is 74.7 cm³/mol. The Kier molecular flexibility index (Phi) is 5.67. The van der Waals surface area contributed by atoms with Crippen molar-refractivity contribution in [1.82, 2.24) is 4.98 Å². The molecule has 0 aliphatic heterocycles. The molecule has 0 aliphatic carbocycles. The maximum atomic E-state index is 4.53. The lowest BCUT2D eigenvalue weighted by Gasteiger charge is -2.35. The summed E-state index contributed by atoms with van der Waals surface area (Å²) >= 11 is 0. The molecule has 0 saturated carbocycles. The molecule has 1 nitrogen and oxygen atoms in total. The molecule has 1 atom stereocenters. The number of pyridine rings is 1. The quantitative estimate of drug-likeness (QED) is 0.665.